The molecule has 4 rings (SSSR count). The van der Waals surface area contributed by atoms with Crippen molar-refractivity contribution < 1.29 is 13.2 Å². The first-order chi connectivity index (χ1) is 14.3. The van der Waals surface area contributed by atoms with E-state index in [1.807, 2.05) is 66.4 Å². The topological polar surface area (TPSA) is 74.0 Å². The SMILES string of the molecule is Cc1ccccc1-n1ccnc1SCC(=O)c1cc(C)n(C2CCS(=O)(=O)C2)c1C. The van der Waals surface area contributed by atoms with Gasteiger partial charge in [0.2, 0.25) is 0 Å². The molecule has 0 radical (unpaired) electrons. The van der Waals surface area contributed by atoms with E-state index in [-0.39, 0.29) is 29.1 Å². The van der Waals surface area contributed by atoms with Crippen LogP contribution >= 0.6 is 11.8 Å². The minimum atomic E-state index is -2.98. The Morgan fingerprint density at radius 2 is 2.00 bits per heavy atom. The Balaban J connectivity index is 1.52. The summed E-state index contributed by atoms with van der Waals surface area (Å²) in [5.41, 5.74) is 4.63. The number of rotatable bonds is 6. The second-order valence-corrected chi connectivity index (χ2v) is 11.0. The summed E-state index contributed by atoms with van der Waals surface area (Å²) in [4.78, 5) is 17.4. The molecule has 3 aromatic rings. The van der Waals surface area contributed by atoms with E-state index >= 15 is 0 Å². The van der Waals surface area contributed by atoms with Gasteiger partial charge in [-0.1, -0.05) is 30.0 Å². The third-order valence-electron chi connectivity index (χ3n) is 5.67. The number of hydrogen-bond acceptors (Lipinski definition) is 5. The normalized spacial score (nSPS) is 18.0. The third kappa shape index (κ3) is 3.98. The summed E-state index contributed by atoms with van der Waals surface area (Å²) in [7, 11) is -2.98. The molecule has 1 saturated heterocycles. The van der Waals surface area contributed by atoms with Crippen molar-refractivity contribution in [2.24, 2.45) is 0 Å². The molecular weight excluding hydrogens is 418 g/mol. The van der Waals surface area contributed by atoms with Crippen LogP contribution in [0.4, 0.5) is 0 Å². The molecule has 0 N–H and O–H groups in total. The molecule has 30 heavy (non-hydrogen) atoms. The fraction of sp³-hybridized carbons (Fsp3) is 0.364. The maximum Gasteiger partial charge on any atom is 0.175 e. The molecule has 1 atom stereocenters. The molecule has 1 aliphatic rings. The standard InChI is InChI=1S/C22H25N3O3S2/c1-15-6-4-5-7-20(15)24-10-9-23-22(24)29-13-21(26)19-12-16(2)25(17(19)3)18-8-11-30(27,28)14-18/h4-7,9-10,12,18H,8,11,13-14H2,1-3H3. The Hall–Kier alpha value is -2.32. The van der Waals surface area contributed by atoms with E-state index in [0.717, 1.165) is 27.8 Å². The number of aromatic nitrogens is 3. The van der Waals surface area contributed by atoms with Crippen LogP contribution < -0.4 is 0 Å². The lowest BCUT2D eigenvalue weighted by molar-refractivity contribution is 0.102. The summed E-state index contributed by atoms with van der Waals surface area (Å²) in [6.45, 7) is 5.89. The second-order valence-electron chi connectivity index (χ2n) is 7.79. The predicted molar refractivity (Wildman–Crippen MR) is 120 cm³/mol. The average molecular weight is 444 g/mol. The van der Waals surface area contributed by atoms with E-state index < -0.39 is 9.84 Å². The minimum absolute atomic E-state index is 0.0273. The number of thioether (sulfide) groups is 1. The molecule has 8 heteroatoms. The molecule has 2 aromatic heterocycles. The first kappa shape index (κ1) is 20.9. The van der Waals surface area contributed by atoms with Gasteiger partial charge in [0.15, 0.2) is 20.8 Å². The highest BCUT2D eigenvalue weighted by atomic mass is 32.2. The van der Waals surface area contributed by atoms with Crippen LogP contribution in [0.5, 0.6) is 0 Å². The minimum Gasteiger partial charge on any atom is -0.344 e. The van der Waals surface area contributed by atoms with E-state index in [4.69, 9.17) is 0 Å². The molecule has 1 aromatic carbocycles. The van der Waals surface area contributed by atoms with Crippen LogP contribution in [0.1, 0.15) is 39.8 Å². The van der Waals surface area contributed by atoms with E-state index in [1.165, 1.54) is 11.8 Å². The van der Waals surface area contributed by atoms with E-state index in [1.54, 1.807) is 6.20 Å². The molecule has 3 heterocycles. The van der Waals surface area contributed by atoms with Crippen molar-refractivity contribution in [3.63, 3.8) is 0 Å². The van der Waals surface area contributed by atoms with Gasteiger partial charge in [-0.05, 0) is 44.9 Å². The number of carbonyl (C=O) groups excluding carboxylic acids is 1. The van der Waals surface area contributed by atoms with E-state index in [2.05, 4.69) is 4.98 Å². The number of para-hydroxylation sites is 1. The van der Waals surface area contributed by atoms with Crippen LogP contribution in [0.25, 0.3) is 5.69 Å². The van der Waals surface area contributed by atoms with Crippen LogP contribution in [0, 0.1) is 20.8 Å². The summed E-state index contributed by atoms with van der Waals surface area (Å²) in [6.07, 6.45) is 4.25. The van der Waals surface area contributed by atoms with Crippen LogP contribution in [0.15, 0.2) is 47.9 Å². The van der Waals surface area contributed by atoms with Gasteiger partial charge in [0.25, 0.3) is 0 Å². The van der Waals surface area contributed by atoms with Crippen molar-refractivity contribution >= 4 is 27.4 Å². The molecule has 0 bridgehead atoms. The van der Waals surface area contributed by atoms with Gasteiger partial charge in [-0.2, -0.15) is 0 Å². The molecule has 1 aliphatic heterocycles. The summed E-state index contributed by atoms with van der Waals surface area (Å²) >= 11 is 1.41. The van der Waals surface area contributed by atoms with Crippen LogP contribution in [0.3, 0.4) is 0 Å². The number of nitrogens with zero attached hydrogens (tertiary/aromatic N) is 3. The predicted octanol–water partition coefficient (Wildman–Crippen LogP) is 3.93. The smallest absolute Gasteiger partial charge is 0.175 e. The number of Topliss-reactive ketones (excluding diaryl/α,β-unsaturated/α-hetero) is 1. The lowest BCUT2D eigenvalue weighted by Gasteiger charge is -2.16. The molecule has 0 spiro atoms. The van der Waals surface area contributed by atoms with E-state index in [9.17, 15) is 13.2 Å². The van der Waals surface area contributed by atoms with Gasteiger partial charge in [-0.25, -0.2) is 13.4 Å². The lowest BCUT2D eigenvalue weighted by Crippen LogP contribution is -2.14. The first-order valence-corrected chi connectivity index (χ1v) is 12.7. The van der Waals surface area contributed by atoms with Crippen LogP contribution in [-0.2, 0) is 9.84 Å². The van der Waals surface area contributed by atoms with Crippen molar-refractivity contribution in [2.75, 3.05) is 17.3 Å². The van der Waals surface area contributed by atoms with Crippen molar-refractivity contribution in [2.45, 2.75) is 38.4 Å². The monoisotopic (exact) mass is 443 g/mol. The fourth-order valence-electron chi connectivity index (χ4n) is 4.22. The molecule has 1 unspecified atom stereocenters. The highest BCUT2D eigenvalue weighted by Crippen LogP contribution is 2.30. The van der Waals surface area contributed by atoms with Gasteiger partial charge < -0.3 is 4.57 Å². The lowest BCUT2D eigenvalue weighted by atomic mass is 10.2. The average Bonchev–Trinajstić information content (AvgIpc) is 3.37. The Bertz CT molecular complexity index is 1210. The summed E-state index contributed by atoms with van der Waals surface area (Å²) in [5.74, 6) is 0.671. The Morgan fingerprint density at radius 3 is 2.70 bits per heavy atom. The van der Waals surface area contributed by atoms with Crippen molar-refractivity contribution in [3.05, 3.63) is 65.2 Å². The summed E-state index contributed by atoms with van der Waals surface area (Å²) in [5, 5.41) is 0.772. The van der Waals surface area contributed by atoms with Gasteiger partial charge in [-0.3, -0.25) is 9.36 Å². The van der Waals surface area contributed by atoms with Gasteiger partial charge in [0.05, 0.1) is 22.9 Å². The van der Waals surface area contributed by atoms with Gasteiger partial charge in [0.1, 0.15) is 0 Å². The van der Waals surface area contributed by atoms with Crippen molar-refractivity contribution in [1.29, 1.82) is 0 Å². The first-order valence-electron chi connectivity index (χ1n) is 9.91. The van der Waals surface area contributed by atoms with Gasteiger partial charge in [-0.15, -0.1) is 0 Å². The number of imidazole rings is 1. The Kier molecular flexibility index (Phi) is 5.63. The maximum atomic E-state index is 13.0. The zero-order chi connectivity index (χ0) is 21.5. The molecular formula is C22H25N3O3S2. The largest absolute Gasteiger partial charge is 0.344 e. The quantitative estimate of drug-likeness (QED) is 0.426. The zero-order valence-corrected chi connectivity index (χ0v) is 19.0. The molecule has 158 valence electrons. The fourth-order valence-corrected chi connectivity index (χ4v) is 6.77. The maximum absolute atomic E-state index is 13.0. The van der Waals surface area contributed by atoms with Crippen molar-refractivity contribution in [1.82, 2.24) is 14.1 Å². The summed E-state index contributed by atoms with van der Waals surface area (Å²) < 4.78 is 27.8. The summed E-state index contributed by atoms with van der Waals surface area (Å²) in [6, 6.07) is 9.87. The van der Waals surface area contributed by atoms with Crippen LogP contribution in [0.2, 0.25) is 0 Å². The number of ketones is 1. The second kappa shape index (κ2) is 8.07. The Morgan fingerprint density at radius 1 is 1.23 bits per heavy atom. The number of carbonyl (C=O) groups is 1. The third-order valence-corrected chi connectivity index (χ3v) is 8.39. The van der Waals surface area contributed by atoms with Crippen molar-refractivity contribution in [3.8, 4) is 5.69 Å². The number of benzene rings is 1. The molecule has 0 saturated carbocycles. The molecule has 0 amide bonds. The number of hydrogen-bond donors (Lipinski definition) is 0. The number of aryl methyl sites for hydroxylation is 2. The Labute approximate surface area is 181 Å². The van der Waals surface area contributed by atoms with Gasteiger partial charge >= 0.3 is 0 Å². The van der Waals surface area contributed by atoms with Crippen LogP contribution in [-0.4, -0.2) is 45.6 Å². The van der Waals surface area contributed by atoms with Gasteiger partial charge in [0, 0.05) is 35.4 Å². The molecule has 6 nitrogen and oxygen atoms in total. The zero-order valence-electron chi connectivity index (χ0n) is 17.3. The molecule has 0 aliphatic carbocycles. The van der Waals surface area contributed by atoms with E-state index in [0.29, 0.717) is 12.0 Å². The highest BCUT2D eigenvalue weighted by Gasteiger charge is 2.31. The highest BCUT2D eigenvalue weighted by molar-refractivity contribution is 7.99. The molecule has 1 fully saturated rings. The number of sulfone groups is 1.